The molecule has 0 bridgehead atoms. The minimum Gasteiger partial charge on any atom is -0.481 e. The predicted octanol–water partition coefficient (Wildman–Crippen LogP) is 9.16. The molecule has 0 aliphatic rings. The molecule has 0 radical (unpaired) electrons. The van der Waals surface area contributed by atoms with E-state index in [1.54, 1.807) is 19.2 Å². The number of carbonyl (C=O) groups is 4. The molecule has 4 aromatic rings. The molecule has 0 saturated heterocycles. The summed E-state index contributed by atoms with van der Waals surface area (Å²) < 4.78 is 42.8. The lowest BCUT2D eigenvalue weighted by molar-refractivity contribution is -0.192. The number of esters is 1. The number of nitrogens with zero attached hydrogens (tertiary/aromatic N) is 2. The minimum atomic E-state index is -5.08. The Morgan fingerprint density at radius 1 is 0.727 bits per heavy atom. The molecule has 0 spiro atoms. The summed E-state index contributed by atoms with van der Waals surface area (Å²) in [6.07, 6.45) is 0.731. The zero-order valence-corrected chi connectivity index (χ0v) is 31.4. The third-order valence-corrected chi connectivity index (χ3v) is 7.80. The molecule has 10 nitrogen and oxygen atoms in total. The van der Waals surface area contributed by atoms with Crippen LogP contribution in [0.1, 0.15) is 123 Å². The molecule has 0 aliphatic heterocycles. The van der Waals surface area contributed by atoms with Crippen molar-refractivity contribution in [3.05, 3.63) is 130 Å². The van der Waals surface area contributed by atoms with Crippen molar-refractivity contribution < 1.29 is 52.0 Å². The van der Waals surface area contributed by atoms with E-state index in [0.717, 1.165) is 39.9 Å². The van der Waals surface area contributed by atoms with Gasteiger partial charge in [0, 0.05) is 19.0 Å². The molecule has 2 N–H and O–H groups in total. The van der Waals surface area contributed by atoms with E-state index in [-0.39, 0.29) is 25.4 Å². The first-order valence-corrected chi connectivity index (χ1v) is 17.1. The molecule has 2 aromatic carbocycles. The standard InChI is InChI=1S/C23H31NO3.C16H15NO3.C2HF3O2.CH4/c1-7-26-17(3)21-13-10-19(15-24-21)14-18-8-11-20(12-9-18)16(2)22(25)27-23(4,5)6;1-11(16(19)20)14-5-2-12(3-6-14)8-13-4-7-15(10-18)17-9-13;3-2(4,5)1(6)7;/h8-13,15-17H,7,14H2,1-6H3;2-7,9-11H,8H2,1H3,(H,19,20);(H,6,7);1H4. The fourth-order valence-corrected chi connectivity index (χ4v) is 4.72. The number of hydrogen-bond donors (Lipinski definition) is 2. The van der Waals surface area contributed by atoms with Crippen molar-refractivity contribution in [2.45, 2.75) is 98.5 Å². The first kappa shape index (κ1) is 47.6. The Morgan fingerprint density at radius 2 is 1.16 bits per heavy atom. The molecule has 2 heterocycles. The Hall–Kier alpha value is -5.43. The number of pyridine rings is 2. The highest BCUT2D eigenvalue weighted by Gasteiger charge is 2.38. The monoisotopic (exact) mass is 768 g/mol. The molecular formula is C42H51F3N2O8. The summed E-state index contributed by atoms with van der Waals surface area (Å²) in [7, 11) is 0. The fraction of sp³-hybridized carbons (Fsp3) is 0.381. The molecule has 0 fully saturated rings. The summed E-state index contributed by atoms with van der Waals surface area (Å²) in [5.74, 6) is -4.56. The number of rotatable bonds is 12. The van der Waals surface area contributed by atoms with Gasteiger partial charge in [0.05, 0.1) is 23.6 Å². The quantitative estimate of drug-likeness (QED) is 0.105. The normalized spacial score (nSPS) is 12.5. The van der Waals surface area contributed by atoms with Gasteiger partial charge in [0.2, 0.25) is 0 Å². The Morgan fingerprint density at radius 3 is 1.51 bits per heavy atom. The van der Waals surface area contributed by atoms with Crippen molar-refractivity contribution in [3.63, 3.8) is 0 Å². The number of aromatic nitrogens is 2. The highest BCUT2D eigenvalue weighted by molar-refractivity contribution is 5.78. The molecule has 55 heavy (non-hydrogen) atoms. The third kappa shape index (κ3) is 17.1. The number of benzene rings is 2. The Kier molecular flexibility index (Phi) is 19.1. The van der Waals surface area contributed by atoms with Gasteiger partial charge in [-0.15, -0.1) is 0 Å². The smallest absolute Gasteiger partial charge is 0.481 e. The number of alkyl halides is 3. The Balaban J connectivity index is 0.000000474. The Bertz CT molecular complexity index is 1790. The second-order valence-corrected chi connectivity index (χ2v) is 13.4. The van der Waals surface area contributed by atoms with Crippen LogP contribution in [-0.2, 0) is 36.7 Å². The minimum absolute atomic E-state index is 0. The van der Waals surface area contributed by atoms with Gasteiger partial charge in [-0.3, -0.25) is 24.4 Å². The van der Waals surface area contributed by atoms with Crippen LogP contribution in [0.2, 0.25) is 0 Å². The highest BCUT2D eigenvalue weighted by Crippen LogP contribution is 2.23. The lowest BCUT2D eigenvalue weighted by Crippen LogP contribution is -2.26. The number of aliphatic carboxylic acids is 2. The van der Waals surface area contributed by atoms with E-state index in [9.17, 15) is 27.6 Å². The van der Waals surface area contributed by atoms with Gasteiger partial charge in [-0.05, 0) is 107 Å². The third-order valence-electron chi connectivity index (χ3n) is 7.80. The number of aldehydes is 1. The molecule has 0 saturated carbocycles. The largest absolute Gasteiger partial charge is 0.490 e. The summed E-state index contributed by atoms with van der Waals surface area (Å²) in [6, 6.07) is 23.3. The maximum absolute atomic E-state index is 12.2. The van der Waals surface area contributed by atoms with Gasteiger partial charge in [0.1, 0.15) is 11.3 Å². The van der Waals surface area contributed by atoms with Gasteiger partial charge in [0.15, 0.2) is 6.29 Å². The van der Waals surface area contributed by atoms with Crippen LogP contribution in [0.25, 0.3) is 0 Å². The lowest BCUT2D eigenvalue weighted by atomic mass is 9.97. The van der Waals surface area contributed by atoms with Crippen molar-refractivity contribution in [1.82, 2.24) is 9.97 Å². The molecule has 13 heteroatoms. The zero-order valence-electron chi connectivity index (χ0n) is 31.4. The van der Waals surface area contributed by atoms with Crippen LogP contribution in [0.3, 0.4) is 0 Å². The summed E-state index contributed by atoms with van der Waals surface area (Å²) in [6.45, 7) is 13.9. The zero-order chi connectivity index (χ0) is 40.6. The van der Waals surface area contributed by atoms with E-state index in [1.165, 1.54) is 5.56 Å². The number of carbonyl (C=O) groups excluding carboxylic acids is 2. The first-order valence-electron chi connectivity index (χ1n) is 17.1. The fourth-order valence-electron chi connectivity index (χ4n) is 4.72. The second-order valence-electron chi connectivity index (χ2n) is 13.4. The van der Waals surface area contributed by atoms with Crippen LogP contribution < -0.4 is 0 Å². The van der Waals surface area contributed by atoms with Crippen molar-refractivity contribution in [1.29, 1.82) is 0 Å². The summed E-state index contributed by atoms with van der Waals surface area (Å²) in [5.41, 5.74) is 7.06. The van der Waals surface area contributed by atoms with Gasteiger partial charge in [-0.2, -0.15) is 13.2 Å². The van der Waals surface area contributed by atoms with Crippen LogP contribution in [-0.4, -0.2) is 62.8 Å². The van der Waals surface area contributed by atoms with E-state index in [2.05, 4.69) is 28.2 Å². The van der Waals surface area contributed by atoms with E-state index >= 15 is 0 Å². The summed E-state index contributed by atoms with van der Waals surface area (Å²) in [4.78, 5) is 51.1. The van der Waals surface area contributed by atoms with Crippen LogP contribution >= 0.6 is 0 Å². The van der Waals surface area contributed by atoms with Crippen molar-refractivity contribution in [2.24, 2.45) is 0 Å². The number of halogens is 3. The van der Waals surface area contributed by atoms with Gasteiger partial charge >= 0.3 is 24.1 Å². The summed E-state index contributed by atoms with van der Waals surface area (Å²) in [5, 5.41) is 16.1. The average molecular weight is 769 g/mol. The van der Waals surface area contributed by atoms with Gasteiger partial charge in [0.25, 0.3) is 0 Å². The van der Waals surface area contributed by atoms with Gasteiger partial charge < -0.3 is 19.7 Å². The second kappa shape index (κ2) is 22.1. The van der Waals surface area contributed by atoms with Crippen LogP contribution in [0, 0.1) is 0 Å². The van der Waals surface area contributed by atoms with E-state index < -0.39 is 29.6 Å². The maximum atomic E-state index is 12.2. The van der Waals surface area contributed by atoms with Crippen molar-refractivity contribution in [3.8, 4) is 0 Å². The van der Waals surface area contributed by atoms with Crippen molar-refractivity contribution >= 4 is 24.2 Å². The molecule has 3 atom stereocenters. The first-order chi connectivity index (χ1) is 25.2. The average Bonchev–Trinajstić information content (AvgIpc) is 3.12. The summed E-state index contributed by atoms with van der Waals surface area (Å²) >= 11 is 0. The molecular weight excluding hydrogens is 717 g/mol. The van der Waals surface area contributed by atoms with E-state index in [0.29, 0.717) is 25.0 Å². The number of hydrogen-bond acceptors (Lipinski definition) is 8. The molecule has 0 aliphatic carbocycles. The maximum Gasteiger partial charge on any atom is 0.490 e. The number of ether oxygens (including phenoxy) is 2. The van der Waals surface area contributed by atoms with Gasteiger partial charge in [-0.25, -0.2) is 4.79 Å². The molecule has 298 valence electrons. The van der Waals surface area contributed by atoms with Gasteiger partial charge in [-0.1, -0.05) is 68.1 Å². The van der Waals surface area contributed by atoms with E-state index in [1.807, 2.05) is 96.3 Å². The van der Waals surface area contributed by atoms with Crippen LogP contribution in [0.15, 0.2) is 85.2 Å². The number of carboxylic acid groups (broad SMARTS) is 2. The van der Waals surface area contributed by atoms with Crippen LogP contribution in [0.4, 0.5) is 13.2 Å². The lowest BCUT2D eigenvalue weighted by Gasteiger charge is -2.22. The number of carboxylic acids is 2. The molecule has 4 rings (SSSR count). The molecule has 0 amide bonds. The molecule has 3 unspecified atom stereocenters. The SMILES string of the molecule is C.CC(C(=O)O)c1ccc(Cc2ccc(C=O)nc2)cc1.CCOC(C)c1ccc(Cc2ccc(C(C)C(=O)OC(C)(C)C)cc2)cn1.O=C(O)C(F)(F)F. The van der Waals surface area contributed by atoms with Crippen LogP contribution in [0.5, 0.6) is 0 Å². The topological polar surface area (TPSA) is 153 Å². The predicted molar refractivity (Wildman–Crippen MR) is 203 cm³/mol. The Labute approximate surface area is 320 Å². The highest BCUT2D eigenvalue weighted by atomic mass is 19.4. The van der Waals surface area contributed by atoms with E-state index in [4.69, 9.17) is 24.5 Å². The molecule has 2 aromatic heterocycles. The van der Waals surface area contributed by atoms with Crippen molar-refractivity contribution in [2.75, 3.05) is 6.61 Å².